The number of hydrogen-bond acceptors (Lipinski definition) is 4. The topological polar surface area (TPSA) is 29.2 Å². The van der Waals surface area contributed by atoms with E-state index >= 15 is 0 Å². The van der Waals surface area contributed by atoms with E-state index in [9.17, 15) is 0 Å². The molecule has 0 spiro atoms. The van der Waals surface area contributed by atoms with Crippen LogP contribution in [0.5, 0.6) is 0 Å². The number of nitrogens with zero attached hydrogens (tertiary/aromatic N) is 5. The average Bonchev–Trinajstić information content (AvgIpc) is 3.37. The monoisotopic (exact) mass is 343 g/mol. The maximum atomic E-state index is 5.70. The smallest absolute Gasteiger partial charge is 0.199 e. The lowest BCUT2D eigenvalue weighted by atomic mass is 10.0. The van der Waals surface area contributed by atoms with Gasteiger partial charge in [0.25, 0.3) is 0 Å². The molecule has 1 saturated heterocycles. The lowest BCUT2D eigenvalue weighted by Crippen LogP contribution is -2.47. The molecular formula is C18H25N5S. The van der Waals surface area contributed by atoms with Gasteiger partial charge in [0.05, 0.1) is 6.67 Å². The fourth-order valence-corrected chi connectivity index (χ4v) is 4.04. The summed E-state index contributed by atoms with van der Waals surface area (Å²) in [5, 5.41) is 4.73. The van der Waals surface area contributed by atoms with Crippen LogP contribution in [-0.2, 0) is 6.67 Å². The van der Waals surface area contributed by atoms with Crippen LogP contribution in [0.4, 0.5) is 0 Å². The van der Waals surface area contributed by atoms with E-state index in [0.717, 1.165) is 36.9 Å². The van der Waals surface area contributed by atoms with Gasteiger partial charge in [-0.15, -0.1) is 0 Å². The Balaban J connectivity index is 1.60. The van der Waals surface area contributed by atoms with E-state index in [1.165, 1.54) is 18.4 Å². The highest BCUT2D eigenvalue weighted by atomic mass is 32.1. The van der Waals surface area contributed by atoms with Gasteiger partial charge in [-0.05, 0) is 44.6 Å². The van der Waals surface area contributed by atoms with Crippen molar-refractivity contribution in [2.45, 2.75) is 38.5 Å². The van der Waals surface area contributed by atoms with Gasteiger partial charge in [-0.3, -0.25) is 4.90 Å². The van der Waals surface area contributed by atoms with Crippen LogP contribution in [0.15, 0.2) is 30.3 Å². The molecule has 2 aliphatic rings. The first-order chi connectivity index (χ1) is 11.6. The molecule has 128 valence electrons. The highest BCUT2D eigenvalue weighted by molar-refractivity contribution is 7.71. The molecule has 2 aromatic rings. The summed E-state index contributed by atoms with van der Waals surface area (Å²) in [5.74, 6) is 1.05. The molecule has 24 heavy (non-hydrogen) atoms. The average molecular weight is 344 g/mol. The first-order valence-corrected chi connectivity index (χ1v) is 9.18. The minimum Gasteiger partial charge on any atom is -0.303 e. The Morgan fingerprint density at radius 2 is 1.92 bits per heavy atom. The summed E-state index contributed by atoms with van der Waals surface area (Å²) in [5.41, 5.74) is 1.37. The fourth-order valence-electron chi connectivity index (χ4n) is 3.66. The molecule has 4 rings (SSSR count). The van der Waals surface area contributed by atoms with Crippen molar-refractivity contribution in [1.82, 2.24) is 24.1 Å². The van der Waals surface area contributed by atoms with Gasteiger partial charge in [-0.25, -0.2) is 4.68 Å². The lowest BCUT2D eigenvalue weighted by Gasteiger charge is -2.40. The van der Waals surface area contributed by atoms with Gasteiger partial charge in [0.2, 0.25) is 0 Å². The number of aryl methyl sites for hydroxylation is 1. The largest absolute Gasteiger partial charge is 0.303 e. The zero-order chi connectivity index (χ0) is 16.7. The van der Waals surface area contributed by atoms with Crippen molar-refractivity contribution >= 4 is 12.2 Å². The van der Waals surface area contributed by atoms with Crippen LogP contribution in [0.2, 0.25) is 0 Å². The second-order valence-corrected chi connectivity index (χ2v) is 7.44. The van der Waals surface area contributed by atoms with Crippen LogP contribution in [0.25, 0.3) is 0 Å². The summed E-state index contributed by atoms with van der Waals surface area (Å²) in [6.07, 6.45) is 2.48. The number of benzene rings is 1. The third kappa shape index (κ3) is 3.06. The van der Waals surface area contributed by atoms with E-state index in [1.807, 2.05) is 4.68 Å². The Kier molecular flexibility index (Phi) is 4.28. The molecule has 6 heteroatoms. The summed E-state index contributed by atoms with van der Waals surface area (Å²) in [7, 11) is 2.20. The summed E-state index contributed by atoms with van der Waals surface area (Å²) in [4.78, 5) is 4.91. The molecule has 1 aromatic carbocycles. The molecule has 0 amide bonds. The third-order valence-corrected chi connectivity index (χ3v) is 5.55. The third-order valence-electron chi connectivity index (χ3n) is 5.15. The van der Waals surface area contributed by atoms with E-state index in [1.54, 1.807) is 0 Å². The van der Waals surface area contributed by atoms with E-state index in [0.29, 0.717) is 12.1 Å². The predicted molar refractivity (Wildman–Crippen MR) is 97.4 cm³/mol. The summed E-state index contributed by atoms with van der Waals surface area (Å²) in [6, 6.07) is 11.8. The molecular weight excluding hydrogens is 318 g/mol. The maximum Gasteiger partial charge on any atom is 0.199 e. The minimum absolute atomic E-state index is 0.387. The molecule has 2 fully saturated rings. The van der Waals surface area contributed by atoms with Gasteiger partial charge < -0.3 is 9.47 Å². The standard InChI is InChI=1S/C18H25N5S/c1-14-19-22(18(24)23(14)16-8-9-16)13-21-11-10-20(2)12-17(21)15-6-4-3-5-7-15/h3-7,16-17H,8-13H2,1-2H3/t17-/m1/s1. The van der Waals surface area contributed by atoms with Crippen molar-refractivity contribution in [3.8, 4) is 0 Å². The molecule has 1 atom stereocenters. The molecule has 1 aliphatic carbocycles. The summed E-state index contributed by atoms with van der Waals surface area (Å²) >= 11 is 5.70. The van der Waals surface area contributed by atoms with Crippen molar-refractivity contribution in [3.63, 3.8) is 0 Å². The second kappa shape index (κ2) is 6.43. The zero-order valence-electron chi connectivity index (χ0n) is 14.4. The van der Waals surface area contributed by atoms with E-state index < -0.39 is 0 Å². The first kappa shape index (κ1) is 16.0. The highest BCUT2D eigenvalue weighted by Crippen LogP contribution is 2.36. The van der Waals surface area contributed by atoms with Crippen molar-refractivity contribution in [2.75, 3.05) is 26.7 Å². The SMILES string of the molecule is Cc1nn(CN2CCN(C)C[C@@H]2c2ccccc2)c(=S)n1C1CC1. The molecule has 0 radical (unpaired) electrons. The van der Waals surface area contributed by atoms with Crippen LogP contribution in [0, 0.1) is 11.7 Å². The molecule has 5 nitrogen and oxygen atoms in total. The maximum absolute atomic E-state index is 5.70. The van der Waals surface area contributed by atoms with Gasteiger partial charge in [-0.1, -0.05) is 30.3 Å². The number of likely N-dealkylation sites (N-methyl/N-ethyl adjacent to an activating group) is 1. The quantitative estimate of drug-likeness (QED) is 0.798. The number of aromatic nitrogens is 3. The van der Waals surface area contributed by atoms with E-state index in [2.05, 4.69) is 58.7 Å². The Morgan fingerprint density at radius 3 is 2.62 bits per heavy atom. The van der Waals surface area contributed by atoms with Gasteiger partial charge in [0, 0.05) is 31.7 Å². The fraction of sp³-hybridized carbons (Fsp3) is 0.556. The summed E-state index contributed by atoms with van der Waals surface area (Å²) in [6.45, 7) is 6.00. The van der Waals surface area contributed by atoms with E-state index in [-0.39, 0.29) is 0 Å². The van der Waals surface area contributed by atoms with E-state index in [4.69, 9.17) is 17.3 Å². The van der Waals surface area contributed by atoms with Gasteiger partial charge >= 0.3 is 0 Å². The molecule has 0 bridgehead atoms. The minimum atomic E-state index is 0.387. The van der Waals surface area contributed by atoms with Crippen molar-refractivity contribution in [3.05, 3.63) is 46.5 Å². The molecule has 1 saturated carbocycles. The van der Waals surface area contributed by atoms with Crippen molar-refractivity contribution in [1.29, 1.82) is 0 Å². The Labute approximate surface area is 148 Å². The van der Waals surface area contributed by atoms with Crippen LogP contribution in [0.3, 0.4) is 0 Å². The number of hydrogen-bond donors (Lipinski definition) is 0. The Morgan fingerprint density at radius 1 is 1.17 bits per heavy atom. The molecule has 1 aliphatic heterocycles. The van der Waals surface area contributed by atoms with Crippen LogP contribution >= 0.6 is 12.2 Å². The molecule has 1 aromatic heterocycles. The van der Waals surface area contributed by atoms with Crippen LogP contribution in [-0.4, -0.2) is 50.8 Å². The predicted octanol–water partition coefficient (Wildman–Crippen LogP) is 3.00. The summed E-state index contributed by atoms with van der Waals surface area (Å²) < 4.78 is 5.13. The van der Waals surface area contributed by atoms with Crippen molar-refractivity contribution < 1.29 is 0 Å². The zero-order valence-corrected chi connectivity index (χ0v) is 15.2. The second-order valence-electron chi connectivity index (χ2n) is 7.07. The first-order valence-electron chi connectivity index (χ1n) is 8.77. The Hall–Kier alpha value is -1.50. The van der Waals surface area contributed by atoms with Gasteiger partial charge in [0.15, 0.2) is 4.77 Å². The normalized spacial score (nSPS) is 22.8. The van der Waals surface area contributed by atoms with Crippen molar-refractivity contribution in [2.24, 2.45) is 0 Å². The van der Waals surface area contributed by atoms with Gasteiger partial charge in [0.1, 0.15) is 5.82 Å². The number of rotatable bonds is 4. The van der Waals surface area contributed by atoms with Gasteiger partial charge in [-0.2, -0.15) is 5.10 Å². The van der Waals surface area contributed by atoms with Crippen LogP contribution < -0.4 is 0 Å². The Bertz CT molecular complexity index is 761. The molecule has 0 N–H and O–H groups in total. The molecule has 0 unspecified atom stereocenters. The lowest BCUT2D eigenvalue weighted by molar-refractivity contribution is 0.0581. The van der Waals surface area contributed by atoms with Crippen LogP contribution in [0.1, 0.15) is 36.3 Å². The number of piperazine rings is 1. The highest BCUT2D eigenvalue weighted by Gasteiger charge is 2.30. The molecule has 2 heterocycles.